The third-order valence-corrected chi connectivity index (χ3v) is 3.68. The molecule has 1 aromatic carbocycles. The molecular formula is C14H15ClN4O. The molecule has 0 spiro atoms. The lowest BCUT2D eigenvalue weighted by molar-refractivity contribution is 0.678. The van der Waals surface area contributed by atoms with Gasteiger partial charge in [-0.15, -0.1) is 10.2 Å². The first-order chi connectivity index (χ1) is 9.58. The van der Waals surface area contributed by atoms with Crippen molar-refractivity contribution in [1.29, 1.82) is 0 Å². The number of hydrogen-bond donors (Lipinski definition) is 0. The van der Waals surface area contributed by atoms with Crippen molar-refractivity contribution in [2.75, 3.05) is 11.4 Å². The van der Waals surface area contributed by atoms with Gasteiger partial charge in [-0.05, 0) is 24.3 Å². The molecule has 2 heterocycles. The van der Waals surface area contributed by atoms with E-state index in [1.54, 1.807) is 4.57 Å². The number of nitrogens with zero attached hydrogens (tertiary/aromatic N) is 4. The molecule has 20 heavy (non-hydrogen) atoms. The predicted molar refractivity (Wildman–Crippen MR) is 78.8 cm³/mol. The van der Waals surface area contributed by atoms with E-state index in [0.717, 1.165) is 5.69 Å². The van der Waals surface area contributed by atoms with Crippen LogP contribution in [0.3, 0.4) is 0 Å². The highest BCUT2D eigenvalue weighted by Gasteiger charge is 2.25. The van der Waals surface area contributed by atoms with Crippen molar-refractivity contribution in [3.8, 4) is 0 Å². The molecule has 0 aliphatic carbocycles. The van der Waals surface area contributed by atoms with Crippen LogP contribution >= 0.6 is 11.6 Å². The molecule has 0 amide bonds. The second-order valence-electron chi connectivity index (χ2n) is 5.12. The molecule has 0 bridgehead atoms. The van der Waals surface area contributed by atoms with Crippen LogP contribution < -0.4 is 10.5 Å². The van der Waals surface area contributed by atoms with Gasteiger partial charge in [0.2, 0.25) is 5.95 Å². The fraction of sp³-hybridized carbons (Fsp3) is 0.357. The Bertz CT molecular complexity index is 693. The van der Waals surface area contributed by atoms with Gasteiger partial charge in [-0.3, -0.25) is 9.36 Å². The standard InChI is InChI=1S/C14H15ClN4O/c1-9(2)12-13(20)19-8-7-18(14(19)17-16-12)11-5-3-10(15)4-6-11/h3-6,9H,7-8H2,1-2H3. The number of hydrogen-bond acceptors (Lipinski definition) is 4. The van der Waals surface area contributed by atoms with Crippen molar-refractivity contribution in [2.24, 2.45) is 0 Å². The minimum atomic E-state index is -0.0403. The van der Waals surface area contributed by atoms with E-state index in [1.165, 1.54) is 0 Å². The van der Waals surface area contributed by atoms with Crippen molar-refractivity contribution in [3.05, 3.63) is 45.3 Å². The van der Waals surface area contributed by atoms with Crippen LogP contribution in [0.15, 0.2) is 29.1 Å². The summed E-state index contributed by atoms with van der Waals surface area (Å²) in [5.74, 6) is 0.680. The molecule has 6 heteroatoms. The van der Waals surface area contributed by atoms with E-state index in [2.05, 4.69) is 10.2 Å². The Hall–Kier alpha value is -1.88. The molecule has 1 aliphatic heterocycles. The SMILES string of the molecule is CC(C)c1nnc2n(c1=O)CCN2c1ccc(Cl)cc1. The quantitative estimate of drug-likeness (QED) is 0.853. The number of anilines is 2. The van der Waals surface area contributed by atoms with Crippen LogP contribution in [0.2, 0.25) is 5.02 Å². The van der Waals surface area contributed by atoms with Gasteiger partial charge in [0.15, 0.2) is 0 Å². The number of rotatable bonds is 2. The molecule has 0 unspecified atom stereocenters. The third-order valence-electron chi connectivity index (χ3n) is 3.43. The average molecular weight is 291 g/mol. The molecule has 0 radical (unpaired) electrons. The molecule has 0 fully saturated rings. The Morgan fingerprint density at radius 2 is 1.85 bits per heavy atom. The van der Waals surface area contributed by atoms with E-state index < -0.39 is 0 Å². The fourth-order valence-electron chi connectivity index (χ4n) is 2.35. The summed E-state index contributed by atoms with van der Waals surface area (Å²) in [5.41, 5.74) is 1.44. The number of benzene rings is 1. The lowest BCUT2D eigenvalue weighted by atomic mass is 10.1. The summed E-state index contributed by atoms with van der Waals surface area (Å²) >= 11 is 5.90. The minimum Gasteiger partial charge on any atom is -0.309 e. The summed E-state index contributed by atoms with van der Waals surface area (Å²) in [5, 5.41) is 9.01. The molecule has 0 atom stereocenters. The van der Waals surface area contributed by atoms with Crippen LogP contribution in [0, 0.1) is 0 Å². The Kier molecular flexibility index (Phi) is 3.22. The van der Waals surface area contributed by atoms with Gasteiger partial charge in [0.05, 0.1) is 0 Å². The summed E-state index contributed by atoms with van der Waals surface area (Å²) in [6.45, 7) is 5.24. The Balaban J connectivity index is 2.05. The zero-order valence-electron chi connectivity index (χ0n) is 11.4. The van der Waals surface area contributed by atoms with Gasteiger partial charge in [0.25, 0.3) is 5.56 Å². The van der Waals surface area contributed by atoms with Crippen molar-refractivity contribution >= 4 is 23.2 Å². The maximum Gasteiger partial charge on any atom is 0.277 e. The van der Waals surface area contributed by atoms with Crippen LogP contribution in [-0.2, 0) is 6.54 Å². The molecule has 2 aromatic rings. The largest absolute Gasteiger partial charge is 0.309 e. The molecule has 104 valence electrons. The van der Waals surface area contributed by atoms with Gasteiger partial charge in [0, 0.05) is 29.7 Å². The van der Waals surface area contributed by atoms with Crippen LogP contribution in [0.5, 0.6) is 0 Å². The lowest BCUT2D eigenvalue weighted by Gasteiger charge is -2.17. The van der Waals surface area contributed by atoms with Crippen LogP contribution in [-0.4, -0.2) is 21.3 Å². The molecule has 5 nitrogen and oxygen atoms in total. The lowest BCUT2D eigenvalue weighted by Crippen LogP contribution is -2.26. The third kappa shape index (κ3) is 2.08. The monoisotopic (exact) mass is 290 g/mol. The van der Waals surface area contributed by atoms with Crippen molar-refractivity contribution in [2.45, 2.75) is 26.3 Å². The molecule has 1 aliphatic rings. The number of fused-ring (bicyclic) bond motifs is 1. The molecule has 1 aromatic heterocycles. The Morgan fingerprint density at radius 1 is 1.15 bits per heavy atom. The van der Waals surface area contributed by atoms with E-state index in [4.69, 9.17) is 11.6 Å². The summed E-state index contributed by atoms with van der Waals surface area (Å²) < 4.78 is 1.69. The van der Waals surface area contributed by atoms with Crippen LogP contribution in [0.4, 0.5) is 11.6 Å². The van der Waals surface area contributed by atoms with Crippen LogP contribution in [0.25, 0.3) is 0 Å². The molecule has 0 saturated carbocycles. The first-order valence-corrected chi connectivity index (χ1v) is 6.96. The van der Waals surface area contributed by atoms with Gasteiger partial charge >= 0.3 is 0 Å². The molecule has 3 rings (SSSR count). The van der Waals surface area contributed by atoms with Gasteiger partial charge in [-0.1, -0.05) is 25.4 Å². The van der Waals surface area contributed by atoms with Crippen molar-refractivity contribution in [3.63, 3.8) is 0 Å². The second-order valence-corrected chi connectivity index (χ2v) is 5.56. The zero-order valence-corrected chi connectivity index (χ0v) is 12.1. The normalized spacial score (nSPS) is 13.9. The van der Waals surface area contributed by atoms with Gasteiger partial charge in [0.1, 0.15) is 5.69 Å². The van der Waals surface area contributed by atoms with E-state index >= 15 is 0 Å². The predicted octanol–water partition coefficient (Wildman–Crippen LogP) is 2.57. The fourth-order valence-corrected chi connectivity index (χ4v) is 2.48. The Morgan fingerprint density at radius 3 is 2.50 bits per heavy atom. The maximum absolute atomic E-state index is 12.3. The second kappa shape index (κ2) is 4.90. The maximum atomic E-state index is 12.3. The van der Waals surface area contributed by atoms with E-state index in [-0.39, 0.29) is 11.5 Å². The summed E-state index contributed by atoms with van der Waals surface area (Å²) in [7, 11) is 0. The first-order valence-electron chi connectivity index (χ1n) is 6.58. The topological polar surface area (TPSA) is 51.0 Å². The van der Waals surface area contributed by atoms with Gasteiger partial charge in [-0.2, -0.15) is 0 Å². The van der Waals surface area contributed by atoms with Crippen molar-refractivity contribution < 1.29 is 0 Å². The highest BCUT2D eigenvalue weighted by atomic mass is 35.5. The number of halogens is 1. The summed E-state index contributed by atoms with van der Waals surface area (Å²) in [6, 6.07) is 7.49. The summed E-state index contributed by atoms with van der Waals surface area (Å²) in [6.07, 6.45) is 0. The van der Waals surface area contributed by atoms with E-state index in [0.29, 0.717) is 29.8 Å². The van der Waals surface area contributed by atoms with Crippen molar-refractivity contribution in [1.82, 2.24) is 14.8 Å². The minimum absolute atomic E-state index is 0.0403. The van der Waals surface area contributed by atoms with E-state index in [9.17, 15) is 4.79 Å². The first kappa shape index (κ1) is 13.1. The molecule has 0 N–H and O–H groups in total. The summed E-state index contributed by atoms with van der Waals surface area (Å²) in [4.78, 5) is 14.3. The zero-order chi connectivity index (χ0) is 14.3. The Labute approximate surface area is 121 Å². The number of aromatic nitrogens is 3. The van der Waals surface area contributed by atoms with Gasteiger partial charge < -0.3 is 4.90 Å². The molecular weight excluding hydrogens is 276 g/mol. The van der Waals surface area contributed by atoms with Crippen LogP contribution in [0.1, 0.15) is 25.5 Å². The van der Waals surface area contributed by atoms with Gasteiger partial charge in [-0.25, -0.2) is 0 Å². The highest BCUT2D eigenvalue weighted by molar-refractivity contribution is 6.30. The smallest absolute Gasteiger partial charge is 0.277 e. The molecule has 0 saturated heterocycles. The average Bonchev–Trinajstić information content (AvgIpc) is 2.84. The highest BCUT2D eigenvalue weighted by Crippen LogP contribution is 2.27. The van der Waals surface area contributed by atoms with E-state index in [1.807, 2.05) is 43.0 Å².